The molecule has 226 valence electrons. The van der Waals surface area contributed by atoms with Crippen molar-refractivity contribution in [3.63, 3.8) is 0 Å². The van der Waals surface area contributed by atoms with E-state index in [9.17, 15) is 19.8 Å². The van der Waals surface area contributed by atoms with Crippen molar-refractivity contribution in [1.29, 1.82) is 0 Å². The SMILES string of the molecule is C[C@H]1[C@@H](CSCCO)O[C@@H](c2ccc(-c3ccccc3CN3C(=O)c4ccccc4C3=O)cc2)O[C@H]1c1ccc(CO)cc1. The van der Waals surface area contributed by atoms with E-state index in [1.165, 1.54) is 4.90 Å². The summed E-state index contributed by atoms with van der Waals surface area (Å²) in [7, 11) is 0. The van der Waals surface area contributed by atoms with E-state index in [0.29, 0.717) is 16.9 Å². The Morgan fingerprint density at radius 3 is 2.00 bits per heavy atom. The van der Waals surface area contributed by atoms with E-state index in [4.69, 9.17) is 9.47 Å². The van der Waals surface area contributed by atoms with E-state index < -0.39 is 6.29 Å². The van der Waals surface area contributed by atoms with Crippen molar-refractivity contribution >= 4 is 23.6 Å². The average molecular weight is 610 g/mol. The summed E-state index contributed by atoms with van der Waals surface area (Å²) in [6, 6.07) is 30.6. The summed E-state index contributed by atoms with van der Waals surface area (Å²) < 4.78 is 13.1. The number of rotatable bonds is 10. The van der Waals surface area contributed by atoms with Gasteiger partial charge in [0.25, 0.3) is 11.8 Å². The Balaban J connectivity index is 1.23. The van der Waals surface area contributed by atoms with Gasteiger partial charge in [-0.2, -0.15) is 11.8 Å². The Morgan fingerprint density at radius 2 is 1.36 bits per heavy atom. The molecule has 0 bridgehead atoms. The first-order valence-electron chi connectivity index (χ1n) is 14.8. The first-order valence-corrected chi connectivity index (χ1v) is 16.0. The summed E-state index contributed by atoms with van der Waals surface area (Å²) in [5.41, 5.74) is 6.41. The molecule has 6 rings (SSSR count). The molecule has 4 aromatic carbocycles. The van der Waals surface area contributed by atoms with Gasteiger partial charge in [0.1, 0.15) is 0 Å². The maximum absolute atomic E-state index is 13.0. The zero-order valence-electron chi connectivity index (χ0n) is 24.5. The van der Waals surface area contributed by atoms with Gasteiger partial charge < -0.3 is 19.7 Å². The lowest BCUT2D eigenvalue weighted by Crippen LogP contribution is -2.38. The van der Waals surface area contributed by atoms with Crippen LogP contribution >= 0.6 is 11.8 Å². The van der Waals surface area contributed by atoms with Gasteiger partial charge in [-0.15, -0.1) is 0 Å². The summed E-state index contributed by atoms with van der Waals surface area (Å²) in [6.07, 6.45) is -0.884. The lowest BCUT2D eigenvalue weighted by atomic mass is 9.91. The number of imide groups is 1. The molecule has 2 aliphatic rings. The van der Waals surface area contributed by atoms with E-state index >= 15 is 0 Å². The summed E-state index contributed by atoms with van der Waals surface area (Å²) in [4.78, 5) is 27.4. The van der Waals surface area contributed by atoms with Crippen LogP contribution in [0.15, 0.2) is 97.1 Å². The minimum absolute atomic E-state index is 0.0126. The topological polar surface area (TPSA) is 96.3 Å². The van der Waals surface area contributed by atoms with Crippen LogP contribution in [0.1, 0.15) is 62.3 Å². The van der Waals surface area contributed by atoms with Crippen LogP contribution < -0.4 is 0 Å². The molecule has 4 atom stereocenters. The number of aliphatic hydroxyl groups is 2. The highest BCUT2D eigenvalue weighted by Gasteiger charge is 2.38. The van der Waals surface area contributed by atoms with Gasteiger partial charge in [-0.3, -0.25) is 14.5 Å². The third-order valence-electron chi connectivity index (χ3n) is 8.36. The molecular formula is C36H35NO6S. The van der Waals surface area contributed by atoms with E-state index in [1.54, 1.807) is 36.0 Å². The quantitative estimate of drug-likeness (QED) is 0.164. The molecule has 0 unspecified atom stereocenters. The average Bonchev–Trinajstić information content (AvgIpc) is 3.31. The van der Waals surface area contributed by atoms with Crippen molar-refractivity contribution in [2.24, 2.45) is 5.92 Å². The van der Waals surface area contributed by atoms with E-state index in [1.807, 2.05) is 72.8 Å². The number of carbonyl (C=O) groups excluding carboxylic acids is 2. The van der Waals surface area contributed by atoms with Crippen molar-refractivity contribution < 1.29 is 29.3 Å². The van der Waals surface area contributed by atoms with Gasteiger partial charge >= 0.3 is 0 Å². The summed E-state index contributed by atoms with van der Waals surface area (Å²) in [5.74, 6) is 0.900. The number of thioether (sulfide) groups is 1. The molecule has 0 spiro atoms. The fourth-order valence-electron chi connectivity index (χ4n) is 5.89. The number of ether oxygens (including phenoxy) is 2. The van der Waals surface area contributed by atoms with Crippen molar-refractivity contribution in [2.75, 3.05) is 18.1 Å². The maximum Gasteiger partial charge on any atom is 0.261 e. The number of hydrogen-bond acceptors (Lipinski definition) is 7. The number of nitrogens with zero attached hydrogens (tertiary/aromatic N) is 1. The van der Waals surface area contributed by atoms with E-state index in [2.05, 4.69) is 6.92 Å². The third kappa shape index (κ3) is 6.09. The minimum atomic E-state index is -0.587. The smallest absolute Gasteiger partial charge is 0.261 e. The summed E-state index contributed by atoms with van der Waals surface area (Å²) in [5, 5.41) is 18.8. The highest BCUT2D eigenvalue weighted by Crippen LogP contribution is 2.43. The third-order valence-corrected chi connectivity index (χ3v) is 9.39. The number of carbonyl (C=O) groups is 2. The molecule has 1 saturated heterocycles. The van der Waals surface area contributed by atoms with Crippen LogP contribution in [-0.4, -0.2) is 51.1 Å². The van der Waals surface area contributed by atoms with Crippen LogP contribution in [0.5, 0.6) is 0 Å². The van der Waals surface area contributed by atoms with Crippen LogP contribution in [0.4, 0.5) is 0 Å². The number of hydrogen-bond donors (Lipinski definition) is 2. The molecule has 2 amide bonds. The molecule has 4 aromatic rings. The molecule has 2 heterocycles. The van der Waals surface area contributed by atoms with Gasteiger partial charge in [0.2, 0.25) is 0 Å². The summed E-state index contributed by atoms with van der Waals surface area (Å²) in [6.45, 7) is 2.41. The second kappa shape index (κ2) is 13.5. The van der Waals surface area contributed by atoms with E-state index in [-0.39, 0.29) is 49.7 Å². The number of amides is 2. The predicted octanol–water partition coefficient (Wildman–Crippen LogP) is 6.16. The Hall–Kier alpha value is -3.79. The van der Waals surface area contributed by atoms with Crippen LogP contribution in [0.3, 0.4) is 0 Å². The molecule has 0 aromatic heterocycles. The number of fused-ring (bicyclic) bond motifs is 1. The number of benzene rings is 4. The summed E-state index contributed by atoms with van der Waals surface area (Å²) >= 11 is 1.66. The molecule has 2 aliphatic heterocycles. The highest BCUT2D eigenvalue weighted by atomic mass is 32.2. The Kier molecular flexibility index (Phi) is 9.25. The molecule has 0 radical (unpaired) electrons. The van der Waals surface area contributed by atoms with E-state index in [0.717, 1.165) is 39.1 Å². The molecule has 44 heavy (non-hydrogen) atoms. The van der Waals surface area contributed by atoms with Crippen LogP contribution in [-0.2, 0) is 22.6 Å². The van der Waals surface area contributed by atoms with Crippen LogP contribution in [0.2, 0.25) is 0 Å². The van der Waals surface area contributed by atoms with Gasteiger partial charge in [0.15, 0.2) is 6.29 Å². The second-order valence-electron chi connectivity index (χ2n) is 11.1. The van der Waals surface area contributed by atoms with Crippen molar-refractivity contribution in [3.05, 3.63) is 130 Å². The first-order chi connectivity index (χ1) is 21.5. The standard InChI is InChI=1S/C36H35NO6S/c1-23-32(22-44-19-18-38)42-36(43-33(23)26-12-10-24(21-39)11-13-26)27-16-14-25(15-17-27)29-7-3-2-6-28(29)20-37-34(40)30-8-4-5-9-31(30)35(37)41/h2-17,23,32-33,36,38-39H,18-22H2,1H3/t23-,32+,33+,36+/m0/s1. The Morgan fingerprint density at radius 1 is 0.750 bits per heavy atom. The van der Waals surface area contributed by atoms with Crippen molar-refractivity contribution in [2.45, 2.75) is 38.6 Å². The second-order valence-corrected chi connectivity index (χ2v) is 12.3. The molecular weight excluding hydrogens is 574 g/mol. The Labute approximate surface area is 261 Å². The first kappa shape index (κ1) is 30.2. The molecule has 0 saturated carbocycles. The van der Waals surface area contributed by atoms with Gasteiger partial charge in [-0.25, -0.2) is 0 Å². The fourth-order valence-corrected chi connectivity index (χ4v) is 6.80. The Bertz CT molecular complexity index is 1590. The molecule has 7 nitrogen and oxygen atoms in total. The van der Waals surface area contributed by atoms with Gasteiger partial charge in [0, 0.05) is 23.0 Å². The molecule has 0 aliphatic carbocycles. The van der Waals surface area contributed by atoms with Gasteiger partial charge in [-0.1, -0.05) is 91.9 Å². The predicted molar refractivity (Wildman–Crippen MR) is 170 cm³/mol. The largest absolute Gasteiger partial charge is 0.396 e. The zero-order chi connectivity index (χ0) is 30.6. The normalized spacial score (nSPS) is 21.5. The zero-order valence-corrected chi connectivity index (χ0v) is 25.3. The molecule has 8 heteroatoms. The van der Waals surface area contributed by atoms with Crippen LogP contribution in [0, 0.1) is 5.92 Å². The lowest BCUT2D eigenvalue weighted by Gasteiger charge is -2.41. The number of aliphatic hydroxyl groups excluding tert-OH is 2. The minimum Gasteiger partial charge on any atom is -0.396 e. The van der Waals surface area contributed by atoms with Gasteiger partial charge in [0.05, 0.1) is 43.1 Å². The molecule has 1 fully saturated rings. The highest BCUT2D eigenvalue weighted by molar-refractivity contribution is 7.99. The fraction of sp³-hybridized carbons (Fsp3) is 0.278. The molecule has 2 N–H and O–H groups in total. The van der Waals surface area contributed by atoms with Crippen molar-refractivity contribution in [3.8, 4) is 11.1 Å². The lowest BCUT2D eigenvalue weighted by molar-refractivity contribution is -0.268. The van der Waals surface area contributed by atoms with Crippen molar-refractivity contribution in [1.82, 2.24) is 4.90 Å². The maximum atomic E-state index is 13.0. The van der Waals surface area contributed by atoms with Crippen LogP contribution in [0.25, 0.3) is 11.1 Å². The monoisotopic (exact) mass is 609 g/mol. The van der Waals surface area contributed by atoms with Gasteiger partial charge in [-0.05, 0) is 39.9 Å².